The third-order valence-electron chi connectivity index (χ3n) is 4.05. The van der Waals surface area contributed by atoms with E-state index in [9.17, 15) is 9.50 Å². The van der Waals surface area contributed by atoms with Gasteiger partial charge < -0.3 is 10.0 Å². The number of hydrogen-bond acceptors (Lipinski definition) is 2. The Labute approximate surface area is 122 Å². The molecule has 4 heteroatoms. The number of phenols is 1. The predicted octanol–water partition coefficient (Wildman–Crippen LogP) is 4.24. The smallest absolute Gasteiger partial charge is 0.131 e. The standard InChI is InChI=1S/C16H17ClFNO/c1-9(2)19-8-10(7-17)15-13(19)6-14(20)11-4-3-5-12(18)16(11)15/h3-6,9-10,20H,7-8H2,1-2H3/t10-/m1/s1. The van der Waals surface area contributed by atoms with E-state index in [4.69, 9.17) is 11.6 Å². The number of benzene rings is 2. The van der Waals surface area contributed by atoms with Crippen LogP contribution >= 0.6 is 11.6 Å². The Morgan fingerprint density at radius 3 is 2.85 bits per heavy atom. The van der Waals surface area contributed by atoms with E-state index in [-0.39, 0.29) is 23.5 Å². The first-order chi connectivity index (χ1) is 9.54. The number of alkyl halides is 1. The van der Waals surface area contributed by atoms with Gasteiger partial charge in [0.2, 0.25) is 0 Å². The van der Waals surface area contributed by atoms with E-state index in [1.54, 1.807) is 18.2 Å². The van der Waals surface area contributed by atoms with Crippen molar-refractivity contribution in [3.8, 4) is 5.75 Å². The molecule has 0 saturated heterocycles. The molecule has 106 valence electrons. The molecular weight excluding hydrogens is 277 g/mol. The summed E-state index contributed by atoms with van der Waals surface area (Å²) in [7, 11) is 0. The summed E-state index contributed by atoms with van der Waals surface area (Å²) in [6, 6.07) is 6.83. The van der Waals surface area contributed by atoms with E-state index < -0.39 is 0 Å². The van der Waals surface area contributed by atoms with Crippen molar-refractivity contribution in [1.29, 1.82) is 0 Å². The molecule has 1 aliphatic heterocycles. The molecule has 20 heavy (non-hydrogen) atoms. The van der Waals surface area contributed by atoms with Crippen LogP contribution in [0.1, 0.15) is 25.3 Å². The van der Waals surface area contributed by atoms with Crippen LogP contribution in [0.3, 0.4) is 0 Å². The van der Waals surface area contributed by atoms with Crippen molar-refractivity contribution in [2.45, 2.75) is 25.8 Å². The van der Waals surface area contributed by atoms with Crippen LogP contribution in [0, 0.1) is 5.82 Å². The van der Waals surface area contributed by atoms with Crippen molar-refractivity contribution in [1.82, 2.24) is 0 Å². The van der Waals surface area contributed by atoms with Crippen molar-refractivity contribution in [2.24, 2.45) is 0 Å². The molecule has 1 N–H and O–H groups in total. The van der Waals surface area contributed by atoms with Crippen LogP contribution in [0.2, 0.25) is 0 Å². The van der Waals surface area contributed by atoms with Gasteiger partial charge in [0.05, 0.1) is 0 Å². The molecule has 0 amide bonds. The topological polar surface area (TPSA) is 23.5 Å². The summed E-state index contributed by atoms with van der Waals surface area (Å²) in [5.41, 5.74) is 1.83. The summed E-state index contributed by atoms with van der Waals surface area (Å²) in [5, 5.41) is 11.3. The number of anilines is 1. The number of phenolic OH excluding ortho intramolecular Hbond substituents is 1. The Bertz CT molecular complexity index is 671. The molecule has 1 atom stereocenters. The fraction of sp³-hybridized carbons (Fsp3) is 0.375. The minimum Gasteiger partial charge on any atom is -0.507 e. The lowest BCUT2D eigenvalue weighted by Gasteiger charge is -2.24. The van der Waals surface area contributed by atoms with Crippen LogP contribution in [-0.4, -0.2) is 23.6 Å². The SMILES string of the molecule is CC(C)N1C[C@@H](CCl)c2c1cc(O)c1cccc(F)c21. The van der Waals surface area contributed by atoms with Crippen molar-refractivity contribution in [3.05, 3.63) is 35.6 Å². The summed E-state index contributed by atoms with van der Waals surface area (Å²) in [6.07, 6.45) is 0. The van der Waals surface area contributed by atoms with E-state index in [0.29, 0.717) is 16.7 Å². The molecule has 2 aromatic rings. The van der Waals surface area contributed by atoms with Gasteiger partial charge in [-0.2, -0.15) is 0 Å². The van der Waals surface area contributed by atoms with Crippen molar-refractivity contribution >= 4 is 28.1 Å². The summed E-state index contributed by atoms with van der Waals surface area (Å²) in [4.78, 5) is 2.17. The largest absolute Gasteiger partial charge is 0.507 e. The summed E-state index contributed by atoms with van der Waals surface area (Å²) in [6.45, 7) is 4.94. The first-order valence-corrected chi connectivity index (χ1v) is 7.34. The third kappa shape index (κ3) is 1.84. The van der Waals surface area contributed by atoms with Crippen LogP contribution in [-0.2, 0) is 0 Å². The van der Waals surface area contributed by atoms with Crippen molar-refractivity contribution in [3.63, 3.8) is 0 Å². The number of aromatic hydroxyl groups is 1. The summed E-state index contributed by atoms with van der Waals surface area (Å²) < 4.78 is 14.3. The number of hydrogen-bond donors (Lipinski definition) is 1. The minimum absolute atomic E-state index is 0.0917. The Kier molecular flexibility index (Phi) is 3.25. The van der Waals surface area contributed by atoms with E-state index in [0.717, 1.165) is 17.8 Å². The van der Waals surface area contributed by atoms with E-state index in [1.807, 2.05) is 0 Å². The maximum atomic E-state index is 14.3. The highest BCUT2D eigenvalue weighted by atomic mass is 35.5. The van der Waals surface area contributed by atoms with Gasteiger partial charge in [0.1, 0.15) is 11.6 Å². The Balaban J connectivity index is 2.37. The van der Waals surface area contributed by atoms with Crippen LogP contribution in [0.25, 0.3) is 10.8 Å². The van der Waals surface area contributed by atoms with Gasteiger partial charge in [-0.1, -0.05) is 12.1 Å². The molecule has 0 saturated carbocycles. The molecule has 0 fully saturated rings. The van der Waals surface area contributed by atoms with Gasteiger partial charge in [0.25, 0.3) is 0 Å². The van der Waals surface area contributed by atoms with Crippen LogP contribution in [0.4, 0.5) is 10.1 Å². The average Bonchev–Trinajstić information content (AvgIpc) is 2.77. The van der Waals surface area contributed by atoms with E-state index in [2.05, 4.69) is 18.7 Å². The van der Waals surface area contributed by atoms with E-state index in [1.165, 1.54) is 6.07 Å². The summed E-state index contributed by atoms with van der Waals surface area (Å²) >= 11 is 6.09. The highest BCUT2D eigenvalue weighted by Gasteiger charge is 2.33. The monoisotopic (exact) mass is 293 g/mol. The van der Waals surface area contributed by atoms with Gasteiger partial charge >= 0.3 is 0 Å². The van der Waals surface area contributed by atoms with Crippen molar-refractivity contribution in [2.75, 3.05) is 17.3 Å². The number of fused-ring (bicyclic) bond motifs is 3. The van der Waals surface area contributed by atoms with Crippen LogP contribution < -0.4 is 4.90 Å². The molecule has 2 aromatic carbocycles. The number of rotatable bonds is 2. The zero-order valence-corrected chi connectivity index (χ0v) is 12.3. The molecule has 0 bridgehead atoms. The fourth-order valence-corrected chi connectivity index (χ4v) is 3.37. The molecule has 3 rings (SSSR count). The second-order valence-corrected chi connectivity index (χ2v) is 5.90. The minimum atomic E-state index is -0.296. The predicted molar refractivity (Wildman–Crippen MR) is 81.5 cm³/mol. The molecular formula is C16H17ClFNO. The van der Waals surface area contributed by atoms with Crippen LogP contribution in [0.5, 0.6) is 5.75 Å². The van der Waals surface area contributed by atoms with Gasteiger partial charge in [-0.15, -0.1) is 11.6 Å². The molecule has 2 nitrogen and oxygen atoms in total. The maximum Gasteiger partial charge on any atom is 0.131 e. The van der Waals surface area contributed by atoms with Gasteiger partial charge in [-0.3, -0.25) is 0 Å². The molecule has 1 heterocycles. The lowest BCUT2D eigenvalue weighted by Crippen LogP contribution is -2.29. The molecule has 0 aliphatic carbocycles. The van der Waals surface area contributed by atoms with Gasteiger partial charge in [0.15, 0.2) is 0 Å². The fourth-order valence-electron chi connectivity index (χ4n) is 3.12. The van der Waals surface area contributed by atoms with E-state index >= 15 is 0 Å². The molecule has 0 spiro atoms. The molecule has 0 radical (unpaired) electrons. The van der Waals surface area contributed by atoms with Gasteiger partial charge in [-0.25, -0.2) is 4.39 Å². The van der Waals surface area contributed by atoms with Crippen molar-refractivity contribution < 1.29 is 9.50 Å². The van der Waals surface area contributed by atoms with Crippen LogP contribution in [0.15, 0.2) is 24.3 Å². The highest BCUT2D eigenvalue weighted by Crippen LogP contribution is 2.46. The average molecular weight is 294 g/mol. The quantitative estimate of drug-likeness (QED) is 0.837. The second kappa shape index (κ2) is 4.81. The number of halogens is 2. The Hall–Kier alpha value is -1.48. The lowest BCUT2D eigenvalue weighted by atomic mass is 9.95. The maximum absolute atomic E-state index is 14.3. The third-order valence-corrected chi connectivity index (χ3v) is 4.43. The highest BCUT2D eigenvalue weighted by molar-refractivity contribution is 6.18. The molecule has 1 aliphatic rings. The normalized spacial score (nSPS) is 18.1. The lowest BCUT2D eigenvalue weighted by molar-refractivity contribution is 0.481. The zero-order valence-electron chi connectivity index (χ0n) is 11.5. The van der Waals surface area contributed by atoms with Gasteiger partial charge in [-0.05, 0) is 25.5 Å². The zero-order chi connectivity index (χ0) is 14.4. The Morgan fingerprint density at radius 2 is 2.20 bits per heavy atom. The molecule has 0 unspecified atom stereocenters. The molecule has 0 aromatic heterocycles. The number of nitrogens with zero attached hydrogens (tertiary/aromatic N) is 1. The van der Waals surface area contributed by atoms with Gasteiger partial charge in [0, 0.05) is 46.9 Å². The summed E-state index contributed by atoms with van der Waals surface area (Å²) in [5.74, 6) is 0.369. The second-order valence-electron chi connectivity index (χ2n) is 5.59. The first kappa shape index (κ1) is 13.5. The Morgan fingerprint density at radius 1 is 1.45 bits per heavy atom. The first-order valence-electron chi connectivity index (χ1n) is 6.81.